The summed E-state index contributed by atoms with van der Waals surface area (Å²) in [6.45, 7) is 4.20. The lowest BCUT2D eigenvalue weighted by Crippen LogP contribution is -2.16. The Bertz CT molecular complexity index is 662. The molecule has 0 aliphatic carbocycles. The summed E-state index contributed by atoms with van der Waals surface area (Å²) < 4.78 is 0. The molecule has 0 fully saturated rings. The van der Waals surface area contributed by atoms with Gasteiger partial charge in [-0.25, -0.2) is 0 Å². The van der Waals surface area contributed by atoms with Crippen LogP contribution in [0.15, 0.2) is 58.5 Å². The minimum absolute atomic E-state index is 0.126. The molecule has 2 aromatic rings. The lowest BCUT2D eigenvalue weighted by molar-refractivity contribution is 0.612. The molecule has 26 heavy (non-hydrogen) atoms. The highest BCUT2D eigenvalue weighted by Gasteiger charge is 2.07. The average Bonchev–Trinajstić information content (AvgIpc) is 2.64. The van der Waals surface area contributed by atoms with Crippen LogP contribution in [0.4, 0.5) is 11.4 Å². The summed E-state index contributed by atoms with van der Waals surface area (Å²) in [4.78, 5) is 13.5. The smallest absolute Gasteiger partial charge is 0.0692 e. The van der Waals surface area contributed by atoms with Gasteiger partial charge in [0, 0.05) is 52.0 Å². The zero-order valence-corrected chi connectivity index (χ0v) is 16.7. The summed E-state index contributed by atoms with van der Waals surface area (Å²) in [5.74, 6) is 0. The van der Waals surface area contributed by atoms with E-state index < -0.39 is 0 Å². The molecule has 0 spiro atoms. The molecule has 138 valence electrons. The molecule has 0 heterocycles. The van der Waals surface area contributed by atoms with Crippen LogP contribution < -0.4 is 9.80 Å². The van der Waals surface area contributed by atoms with Gasteiger partial charge in [-0.05, 0) is 49.2 Å². The highest BCUT2D eigenvalue weighted by molar-refractivity contribution is 5.81. The van der Waals surface area contributed by atoms with E-state index >= 15 is 0 Å². The van der Waals surface area contributed by atoms with Crippen molar-refractivity contribution in [3.63, 3.8) is 0 Å². The zero-order chi connectivity index (χ0) is 19.1. The minimum atomic E-state index is 0.126. The predicted octanol–water partition coefficient (Wildman–Crippen LogP) is 4.13. The second kappa shape index (κ2) is 9.18. The van der Waals surface area contributed by atoms with Crippen LogP contribution in [0.2, 0.25) is 0 Å². The third-order valence-corrected chi connectivity index (χ3v) is 4.43. The third kappa shape index (κ3) is 5.73. The molecule has 2 aromatic carbocycles. The summed E-state index contributed by atoms with van der Waals surface area (Å²) in [7, 11) is 8.16. The largest absolute Gasteiger partial charge is 0.378 e. The molecular formula is C22H30N4. The van der Waals surface area contributed by atoms with Gasteiger partial charge in [0.25, 0.3) is 0 Å². The Balaban J connectivity index is 1.94. The summed E-state index contributed by atoms with van der Waals surface area (Å²) in [5.41, 5.74) is 4.60. The van der Waals surface area contributed by atoms with Gasteiger partial charge in [0.15, 0.2) is 0 Å². The molecule has 2 atom stereocenters. The van der Waals surface area contributed by atoms with Gasteiger partial charge in [-0.3, -0.25) is 9.98 Å². The first-order chi connectivity index (χ1) is 12.4. The molecule has 2 rings (SSSR count). The van der Waals surface area contributed by atoms with E-state index in [1.54, 1.807) is 0 Å². The molecule has 0 aliphatic heterocycles. The van der Waals surface area contributed by atoms with Crippen molar-refractivity contribution >= 4 is 23.8 Å². The highest BCUT2D eigenvalue weighted by Crippen LogP contribution is 2.13. The SMILES string of the molecule is C[C@@H](N=Cc1ccc(N(C)C)cc1)[C@@H](C)N=Cc1ccc(N(C)C)cc1. The van der Waals surface area contributed by atoms with E-state index in [2.05, 4.69) is 82.2 Å². The van der Waals surface area contributed by atoms with Crippen molar-refractivity contribution in [1.29, 1.82) is 0 Å². The number of hydrogen-bond donors (Lipinski definition) is 0. The van der Waals surface area contributed by atoms with Crippen LogP contribution in [0.1, 0.15) is 25.0 Å². The number of anilines is 2. The molecule has 4 nitrogen and oxygen atoms in total. The van der Waals surface area contributed by atoms with Crippen molar-refractivity contribution < 1.29 is 0 Å². The molecule has 0 bridgehead atoms. The van der Waals surface area contributed by atoms with Crippen LogP contribution in [0.3, 0.4) is 0 Å². The van der Waals surface area contributed by atoms with Crippen LogP contribution >= 0.6 is 0 Å². The van der Waals surface area contributed by atoms with Gasteiger partial charge in [-0.1, -0.05) is 24.3 Å². The number of aliphatic imine (C=N–C) groups is 2. The van der Waals surface area contributed by atoms with Crippen LogP contribution in [0.5, 0.6) is 0 Å². The van der Waals surface area contributed by atoms with Gasteiger partial charge in [0.2, 0.25) is 0 Å². The van der Waals surface area contributed by atoms with Gasteiger partial charge < -0.3 is 9.80 Å². The Kier molecular flexibility index (Phi) is 6.96. The van der Waals surface area contributed by atoms with Gasteiger partial charge >= 0.3 is 0 Å². The maximum Gasteiger partial charge on any atom is 0.0692 e. The lowest BCUT2D eigenvalue weighted by Gasteiger charge is -2.13. The number of nitrogens with zero attached hydrogens (tertiary/aromatic N) is 4. The first-order valence-electron chi connectivity index (χ1n) is 8.98. The normalized spacial score (nSPS) is 13.9. The molecular weight excluding hydrogens is 320 g/mol. The van der Waals surface area contributed by atoms with Crippen LogP contribution in [0.25, 0.3) is 0 Å². The van der Waals surface area contributed by atoms with Crippen molar-refractivity contribution in [1.82, 2.24) is 0 Å². The second-order valence-electron chi connectivity index (χ2n) is 7.01. The first kappa shape index (κ1) is 19.7. The number of benzene rings is 2. The molecule has 0 saturated heterocycles. The molecule has 0 aliphatic rings. The van der Waals surface area contributed by atoms with Crippen molar-refractivity contribution in [2.24, 2.45) is 9.98 Å². The Morgan fingerprint density at radius 2 is 0.923 bits per heavy atom. The minimum Gasteiger partial charge on any atom is -0.378 e. The molecule has 0 amide bonds. The van der Waals surface area contributed by atoms with Gasteiger partial charge in [0.1, 0.15) is 0 Å². The fourth-order valence-corrected chi connectivity index (χ4v) is 2.37. The Morgan fingerprint density at radius 1 is 0.615 bits per heavy atom. The maximum atomic E-state index is 4.66. The van der Waals surface area contributed by atoms with E-state index in [4.69, 9.17) is 0 Å². The average molecular weight is 351 g/mol. The maximum absolute atomic E-state index is 4.66. The lowest BCUT2D eigenvalue weighted by atomic mass is 10.1. The predicted molar refractivity (Wildman–Crippen MR) is 116 cm³/mol. The molecule has 0 unspecified atom stereocenters. The van der Waals surface area contributed by atoms with Crippen LogP contribution in [0, 0.1) is 0 Å². The summed E-state index contributed by atoms with van der Waals surface area (Å²) in [6.07, 6.45) is 3.87. The van der Waals surface area contributed by atoms with Gasteiger partial charge in [0.05, 0.1) is 12.1 Å². The van der Waals surface area contributed by atoms with E-state index in [1.807, 2.05) is 40.6 Å². The Hall–Kier alpha value is -2.62. The molecule has 0 aromatic heterocycles. The van der Waals surface area contributed by atoms with E-state index in [0.717, 1.165) is 11.1 Å². The monoisotopic (exact) mass is 350 g/mol. The highest BCUT2D eigenvalue weighted by atomic mass is 15.1. The van der Waals surface area contributed by atoms with E-state index in [9.17, 15) is 0 Å². The Morgan fingerprint density at radius 3 is 1.19 bits per heavy atom. The zero-order valence-electron chi connectivity index (χ0n) is 16.7. The number of hydrogen-bond acceptors (Lipinski definition) is 4. The van der Waals surface area contributed by atoms with E-state index in [-0.39, 0.29) is 12.1 Å². The molecule has 0 saturated carbocycles. The van der Waals surface area contributed by atoms with E-state index in [0.29, 0.717) is 0 Å². The van der Waals surface area contributed by atoms with Crippen molar-refractivity contribution in [3.05, 3.63) is 59.7 Å². The van der Waals surface area contributed by atoms with Gasteiger partial charge in [-0.15, -0.1) is 0 Å². The second-order valence-corrected chi connectivity index (χ2v) is 7.01. The van der Waals surface area contributed by atoms with Crippen molar-refractivity contribution in [2.75, 3.05) is 38.0 Å². The number of rotatable bonds is 7. The Labute approximate surface area is 157 Å². The summed E-state index contributed by atoms with van der Waals surface area (Å²) in [5, 5.41) is 0. The van der Waals surface area contributed by atoms with Crippen molar-refractivity contribution in [2.45, 2.75) is 25.9 Å². The first-order valence-corrected chi connectivity index (χ1v) is 8.98. The van der Waals surface area contributed by atoms with E-state index in [1.165, 1.54) is 11.4 Å². The molecule has 0 radical (unpaired) electrons. The van der Waals surface area contributed by atoms with Crippen molar-refractivity contribution in [3.8, 4) is 0 Å². The fourth-order valence-electron chi connectivity index (χ4n) is 2.37. The molecule has 4 heteroatoms. The van der Waals surface area contributed by atoms with Gasteiger partial charge in [-0.2, -0.15) is 0 Å². The topological polar surface area (TPSA) is 31.2 Å². The fraction of sp³-hybridized carbons (Fsp3) is 0.364. The quantitative estimate of drug-likeness (QED) is 0.703. The third-order valence-electron chi connectivity index (χ3n) is 4.43. The standard InChI is InChI=1S/C22H30N4/c1-17(23-15-19-7-11-21(12-8-19)25(3)4)18(2)24-16-20-9-13-22(14-10-20)26(5)6/h7-18H,1-6H3/t17-,18-/m1/s1. The summed E-state index contributed by atoms with van der Waals surface area (Å²) in [6, 6.07) is 17.0. The molecule has 0 N–H and O–H groups in total. The van der Waals surface area contributed by atoms with Crippen LogP contribution in [-0.2, 0) is 0 Å². The summed E-state index contributed by atoms with van der Waals surface area (Å²) >= 11 is 0. The van der Waals surface area contributed by atoms with Crippen LogP contribution in [-0.4, -0.2) is 52.7 Å².